The molecule has 0 saturated carbocycles. The number of likely N-dealkylation sites (N-methyl/N-ethyl adjacent to an activating group) is 1. The van der Waals surface area contributed by atoms with Gasteiger partial charge >= 0.3 is 5.97 Å². The lowest BCUT2D eigenvalue weighted by atomic mass is 10.1. The van der Waals surface area contributed by atoms with Crippen molar-refractivity contribution in [1.29, 1.82) is 0 Å². The molecule has 11 heteroatoms. The van der Waals surface area contributed by atoms with Gasteiger partial charge in [-0.15, -0.1) is 0 Å². The zero-order valence-electron chi connectivity index (χ0n) is 16.4. The van der Waals surface area contributed by atoms with Crippen molar-refractivity contribution in [1.82, 2.24) is 20.5 Å². The average molecular weight is 407 g/mol. The monoisotopic (exact) mass is 407 g/mol. The Balaban J connectivity index is 2.63. The number of nitrogens with one attached hydrogen (secondary N) is 2. The zero-order chi connectivity index (χ0) is 22.1. The average Bonchev–Trinajstić information content (AvgIpc) is 2.66. The summed E-state index contributed by atoms with van der Waals surface area (Å²) in [5, 5.41) is 13.6. The molecule has 0 aromatic carbocycles. The summed E-state index contributed by atoms with van der Waals surface area (Å²) in [6.45, 7) is 2.85. The predicted octanol–water partition coefficient (Wildman–Crippen LogP) is -1.58. The third kappa shape index (κ3) is 7.56. The number of primary amides is 1. The van der Waals surface area contributed by atoms with Crippen molar-refractivity contribution >= 4 is 29.6 Å². The van der Waals surface area contributed by atoms with E-state index in [4.69, 9.17) is 10.8 Å². The first-order chi connectivity index (χ1) is 13.5. The predicted molar refractivity (Wildman–Crippen MR) is 101 cm³/mol. The van der Waals surface area contributed by atoms with Gasteiger partial charge < -0.3 is 26.4 Å². The second-order valence-electron chi connectivity index (χ2n) is 6.51. The van der Waals surface area contributed by atoms with Gasteiger partial charge in [0.25, 0.3) is 0 Å². The van der Waals surface area contributed by atoms with E-state index in [0.29, 0.717) is 0 Å². The number of aliphatic carboxylic acids is 1. The first-order valence-corrected chi connectivity index (χ1v) is 8.79. The van der Waals surface area contributed by atoms with Gasteiger partial charge in [-0.25, -0.2) is 4.79 Å². The molecule has 0 spiro atoms. The van der Waals surface area contributed by atoms with Crippen LogP contribution in [0.15, 0.2) is 24.5 Å². The summed E-state index contributed by atoms with van der Waals surface area (Å²) in [6, 6.07) is -0.0907. The second kappa shape index (κ2) is 10.7. The van der Waals surface area contributed by atoms with Crippen molar-refractivity contribution in [2.75, 3.05) is 7.05 Å². The quantitative estimate of drug-likeness (QED) is 0.362. The van der Waals surface area contributed by atoms with Crippen LogP contribution in [0.2, 0.25) is 0 Å². The second-order valence-corrected chi connectivity index (χ2v) is 6.51. The number of hydrogen-bond donors (Lipinski definition) is 4. The summed E-state index contributed by atoms with van der Waals surface area (Å²) in [7, 11) is 1.46. The molecule has 5 N–H and O–H groups in total. The molecule has 0 aliphatic heterocycles. The van der Waals surface area contributed by atoms with Crippen LogP contribution in [0.4, 0.5) is 0 Å². The van der Waals surface area contributed by atoms with E-state index in [-0.39, 0.29) is 12.3 Å². The van der Waals surface area contributed by atoms with E-state index in [0.717, 1.165) is 5.56 Å². The fourth-order valence-electron chi connectivity index (χ4n) is 2.29. The Morgan fingerprint density at radius 1 is 1.10 bits per heavy atom. The summed E-state index contributed by atoms with van der Waals surface area (Å²) >= 11 is 0. The number of carboxylic acids is 1. The molecule has 1 heterocycles. The van der Waals surface area contributed by atoms with Gasteiger partial charge in [0.2, 0.25) is 23.6 Å². The molecular formula is C18H25N5O6. The van der Waals surface area contributed by atoms with Crippen LogP contribution in [0.25, 0.3) is 0 Å². The highest BCUT2D eigenvalue weighted by Crippen LogP contribution is 2.04. The Kier molecular flexibility index (Phi) is 8.71. The Morgan fingerprint density at radius 2 is 1.69 bits per heavy atom. The highest BCUT2D eigenvalue weighted by atomic mass is 16.4. The maximum absolute atomic E-state index is 12.4. The molecule has 4 amide bonds. The van der Waals surface area contributed by atoms with Crippen LogP contribution < -0.4 is 16.4 Å². The molecule has 0 fully saturated rings. The van der Waals surface area contributed by atoms with Crippen LogP contribution in [-0.4, -0.2) is 69.8 Å². The minimum Gasteiger partial charge on any atom is -0.480 e. The van der Waals surface area contributed by atoms with E-state index in [1.54, 1.807) is 24.5 Å². The minimum absolute atomic E-state index is 0.0834. The fourth-order valence-corrected chi connectivity index (χ4v) is 2.29. The van der Waals surface area contributed by atoms with Gasteiger partial charge in [0.15, 0.2) is 0 Å². The topological polar surface area (TPSA) is 172 Å². The number of aromatic nitrogens is 1. The number of amides is 4. The fraction of sp³-hybridized carbons (Fsp3) is 0.444. The van der Waals surface area contributed by atoms with Gasteiger partial charge in [0, 0.05) is 19.4 Å². The lowest BCUT2D eigenvalue weighted by Gasteiger charge is -2.26. The third-order valence-electron chi connectivity index (χ3n) is 4.23. The standard InChI is InChI=1S/C18H25N5O6/c1-10(16(26)22-13(18(28)29)9-14(19)24)21-17(27)11(2)23(3)15(25)8-12-4-6-20-7-5-12/h4-7,10-11,13H,8-9H2,1-3H3,(H2,19,24)(H,21,27)(H,22,26)(H,28,29)/t10-,11-,13-/m0/s1. The van der Waals surface area contributed by atoms with E-state index in [9.17, 15) is 24.0 Å². The molecule has 158 valence electrons. The molecule has 11 nitrogen and oxygen atoms in total. The number of carbonyl (C=O) groups is 5. The number of hydrogen-bond acceptors (Lipinski definition) is 6. The molecule has 1 rings (SSSR count). The zero-order valence-corrected chi connectivity index (χ0v) is 16.4. The molecule has 0 aliphatic carbocycles. The van der Waals surface area contributed by atoms with E-state index in [2.05, 4.69) is 15.6 Å². The summed E-state index contributed by atoms with van der Waals surface area (Å²) in [6.07, 6.45) is 2.62. The van der Waals surface area contributed by atoms with Crippen LogP contribution in [0.5, 0.6) is 0 Å². The normalized spacial score (nSPS) is 13.5. The van der Waals surface area contributed by atoms with Crippen molar-refractivity contribution in [3.63, 3.8) is 0 Å². The molecule has 0 bridgehead atoms. The third-order valence-corrected chi connectivity index (χ3v) is 4.23. The first-order valence-electron chi connectivity index (χ1n) is 8.79. The van der Waals surface area contributed by atoms with Gasteiger partial charge in [-0.05, 0) is 31.5 Å². The van der Waals surface area contributed by atoms with E-state index >= 15 is 0 Å². The van der Waals surface area contributed by atoms with Crippen LogP contribution in [0.3, 0.4) is 0 Å². The lowest BCUT2D eigenvalue weighted by molar-refractivity contribution is -0.144. The molecule has 0 saturated heterocycles. The maximum Gasteiger partial charge on any atom is 0.326 e. The number of carbonyl (C=O) groups excluding carboxylic acids is 4. The molecule has 3 atom stereocenters. The number of rotatable bonds is 10. The highest BCUT2D eigenvalue weighted by molar-refractivity contribution is 5.94. The van der Waals surface area contributed by atoms with Gasteiger partial charge in [-0.1, -0.05) is 0 Å². The molecule has 0 aliphatic rings. The number of nitrogens with zero attached hydrogens (tertiary/aromatic N) is 2. The molecule has 1 aromatic heterocycles. The van der Waals surface area contributed by atoms with Crippen molar-refractivity contribution in [3.8, 4) is 0 Å². The van der Waals surface area contributed by atoms with E-state index in [1.807, 2.05) is 0 Å². The Labute approximate surface area is 167 Å². The van der Waals surface area contributed by atoms with E-state index < -0.39 is 48.2 Å². The Morgan fingerprint density at radius 3 is 2.21 bits per heavy atom. The lowest BCUT2D eigenvalue weighted by Crippen LogP contribution is -2.54. The minimum atomic E-state index is -1.50. The SMILES string of the molecule is C[C@H](NC(=O)[C@H](C)N(C)C(=O)Cc1ccncc1)C(=O)N[C@@H](CC(N)=O)C(=O)O. The molecular weight excluding hydrogens is 382 g/mol. The largest absolute Gasteiger partial charge is 0.480 e. The molecule has 0 radical (unpaired) electrons. The van der Waals surface area contributed by atoms with Crippen LogP contribution in [-0.2, 0) is 30.4 Å². The maximum atomic E-state index is 12.4. The Hall–Kier alpha value is -3.50. The highest BCUT2D eigenvalue weighted by Gasteiger charge is 2.28. The van der Waals surface area contributed by atoms with E-state index in [1.165, 1.54) is 25.8 Å². The van der Waals surface area contributed by atoms with Gasteiger partial charge in [-0.2, -0.15) is 0 Å². The summed E-state index contributed by atoms with van der Waals surface area (Å²) in [4.78, 5) is 63.9. The number of nitrogens with two attached hydrogens (primary N) is 1. The Bertz CT molecular complexity index is 769. The van der Waals surface area contributed by atoms with Crippen LogP contribution >= 0.6 is 0 Å². The van der Waals surface area contributed by atoms with Crippen molar-refractivity contribution in [2.45, 2.75) is 44.8 Å². The first kappa shape index (κ1) is 23.5. The van der Waals surface area contributed by atoms with Crippen LogP contribution in [0, 0.1) is 0 Å². The van der Waals surface area contributed by atoms with Crippen LogP contribution in [0.1, 0.15) is 25.8 Å². The molecule has 0 unspecified atom stereocenters. The van der Waals surface area contributed by atoms with Crippen molar-refractivity contribution in [2.24, 2.45) is 5.73 Å². The molecule has 29 heavy (non-hydrogen) atoms. The summed E-state index contributed by atoms with van der Waals surface area (Å²) in [5.41, 5.74) is 5.70. The van der Waals surface area contributed by atoms with Crippen molar-refractivity contribution in [3.05, 3.63) is 30.1 Å². The van der Waals surface area contributed by atoms with Crippen molar-refractivity contribution < 1.29 is 29.1 Å². The van der Waals surface area contributed by atoms with Gasteiger partial charge in [0.05, 0.1) is 12.8 Å². The number of carboxylic acid groups (broad SMARTS) is 1. The smallest absolute Gasteiger partial charge is 0.326 e. The molecule has 1 aromatic rings. The van der Waals surface area contributed by atoms with Gasteiger partial charge in [-0.3, -0.25) is 24.2 Å². The summed E-state index contributed by atoms with van der Waals surface area (Å²) in [5.74, 6) is -4.02. The number of pyridine rings is 1. The summed E-state index contributed by atoms with van der Waals surface area (Å²) < 4.78 is 0. The van der Waals surface area contributed by atoms with Gasteiger partial charge in [0.1, 0.15) is 18.1 Å².